The van der Waals surface area contributed by atoms with Gasteiger partial charge in [-0.3, -0.25) is 4.90 Å². The Morgan fingerprint density at radius 1 is 2.00 bits per heavy atom. The minimum atomic E-state index is 1.08. The highest BCUT2D eigenvalue weighted by molar-refractivity contribution is 6.07. The first kappa shape index (κ1) is 3.44. The summed E-state index contributed by atoms with van der Waals surface area (Å²) < 4.78 is 0. The van der Waals surface area contributed by atoms with E-state index in [0.717, 1.165) is 6.08 Å². The third kappa shape index (κ3) is 1.44. The summed E-state index contributed by atoms with van der Waals surface area (Å²) in [6, 6.07) is 0. The van der Waals surface area contributed by atoms with E-state index in [4.69, 9.17) is 4.79 Å². The molecule has 0 spiro atoms. The molecule has 0 saturated heterocycles. The molecule has 4 heavy (non-hydrogen) atoms. The number of rotatable bonds is 0. The maximum absolute atomic E-state index is 8.76. The molecule has 0 saturated carbocycles. The average molecular weight is 52.8 g/mol. The Morgan fingerprint density at radius 2 is 2.25 bits per heavy atom. The summed E-state index contributed by atoms with van der Waals surface area (Å²) in [5.74, 6) is 0. The molecule has 0 aliphatic rings. The summed E-state index contributed by atoms with van der Waals surface area (Å²) in [5.41, 5.74) is 0. The van der Waals surface area contributed by atoms with Crippen molar-refractivity contribution >= 4 is 14.1 Å². The first-order valence-electron chi connectivity index (χ1n) is 0.686. The van der Waals surface area contributed by atoms with Crippen molar-refractivity contribution in [2.45, 2.75) is 0 Å². The summed E-state index contributed by atoms with van der Waals surface area (Å²) in [7, 11) is 4.23. The van der Waals surface area contributed by atoms with Crippen molar-refractivity contribution in [3.05, 3.63) is 0 Å². The van der Waals surface area contributed by atoms with Gasteiger partial charge in [-0.1, -0.05) is 0 Å². The monoisotopic (exact) mass is 53.0 g/mol. The molecule has 18 valence electrons. The van der Waals surface area contributed by atoms with E-state index < -0.39 is 0 Å². The lowest BCUT2D eigenvalue weighted by molar-refractivity contribution is 0.566. The van der Waals surface area contributed by atoms with Crippen LogP contribution in [-0.4, -0.2) is 14.1 Å². The third-order valence-corrected chi connectivity index (χ3v) is 0.0527. The second-order valence-corrected chi connectivity index (χ2v) is 0.220. The van der Waals surface area contributed by atoms with Gasteiger partial charge in [0.1, 0.15) is 0 Å². The van der Waals surface area contributed by atoms with Crippen molar-refractivity contribution < 1.29 is 4.79 Å². The molecule has 0 unspecified atom stereocenters. The molecule has 0 aromatic heterocycles. The first-order chi connectivity index (χ1) is 1.91. The quantitative estimate of drug-likeness (QED) is 0.206. The molecule has 2 nitrogen and oxygen atoms in total. The van der Waals surface area contributed by atoms with Gasteiger partial charge in [-0.2, -0.15) is 0 Å². The van der Waals surface area contributed by atoms with Crippen molar-refractivity contribution in [2.24, 2.45) is 4.90 Å². The third-order valence-electron chi connectivity index (χ3n) is 0.0527. The molecule has 0 atom stereocenters. The van der Waals surface area contributed by atoms with E-state index in [2.05, 4.69) is 12.9 Å². The molecule has 3 heteroatoms. The molecule has 0 bridgehead atoms. The Kier molecular flexibility index (Phi) is 2.11. The largest absolute Gasteiger partial charge is 0.283 e. The summed E-state index contributed by atoms with van der Waals surface area (Å²) in [6.07, 6.45) is 1.08. The van der Waals surface area contributed by atoms with Crippen LogP contribution in [0, 0.1) is 0 Å². The lowest BCUT2D eigenvalue weighted by atomic mass is 10.5. The van der Waals surface area contributed by atoms with Gasteiger partial charge in [0.15, 0.2) is 0 Å². The summed E-state index contributed by atoms with van der Waals surface area (Å²) in [5, 5.41) is 0. The lowest BCUT2D eigenvalue weighted by Gasteiger charge is -1.34. The number of nitrogens with zero attached hydrogens (tertiary/aromatic N) is 1. The van der Waals surface area contributed by atoms with Crippen LogP contribution in [-0.2, 0) is 4.79 Å². The van der Waals surface area contributed by atoms with Gasteiger partial charge in [0, 0.05) is 0 Å². The Bertz CT molecular complexity index is 46.0. The van der Waals surface area contributed by atoms with Crippen molar-refractivity contribution in [2.75, 3.05) is 0 Å². The molecular weight excluding hydrogens is 52.8 g/mol. The predicted molar refractivity (Wildman–Crippen MR) is 13.9 cm³/mol. The van der Waals surface area contributed by atoms with Gasteiger partial charge in [-0.05, 0) is 0 Å². The zero-order valence-corrected chi connectivity index (χ0v) is 1.93. The lowest BCUT2D eigenvalue weighted by Crippen LogP contribution is -1.43. The molecule has 0 N–H and O–H groups in total. The van der Waals surface area contributed by atoms with E-state index in [1.807, 2.05) is 0 Å². The molecule has 0 aromatic rings. The summed E-state index contributed by atoms with van der Waals surface area (Å²) in [4.78, 5) is 11.2. The van der Waals surface area contributed by atoms with Crippen molar-refractivity contribution in [3.8, 4) is 0 Å². The maximum Gasteiger partial charge on any atom is 0.278 e. The number of hydrogen-bond donors (Lipinski definition) is 0. The molecule has 0 rings (SSSR count). The molecule has 0 amide bonds. The number of isocyanates is 1. The Balaban J connectivity index is 3.11. The van der Waals surface area contributed by atoms with Gasteiger partial charge in [-0.15, -0.1) is 0 Å². The molecule has 0 aliphatic heterocycles. The summed E-state index contributed by atoms with van der Waals surface area (Å²) >= 11 is 0. The second-order valence-electron chi connectivity index (χ2n) is 0.220. The van der Waals surface area contributed by atoms with E-state index in [1.165, 1.54) is 0 Å². The van der Waals surface area contributed by atoms with Crippen molar-refractivity contribution in [3.63, 3.8) is 0 Å². The molecule has 2 radical (unpaired) electrons. The van der Waals surface area contributed by atoms with Crippen LogP contribution in [0.5, 0.6) is 0 Å². The zero-order valence-electron chi connectivity index (χ0n) is 1.93. The van der Waals surface area contributed by atoms with E-state index >= 15 is 0 Å². The van der Waals surface area contributed by atoms with Gasteiger partial charge < -0.3 is 0 Å². The maximum atomic E-state index is 8.76. The van der Waals surface area contributed by atoms with Crippen LogP contribution in [0.2, 0.25) is 0 Å². The fourth-order valence-corrected chi connectivity index (χ4v) is 0. The fraction of sp³-hybridized carbons (Fsp3) is 0. The molecule has 0 fully saturated rings. The predicted octanol–water partition coefficient (Wildman–Crippen LogP) is -0.594. The van der Waals surface area contributed by atoms with E-state index in [-0.39, 0.29) is 0 Å². The van der Waals surface area contributed by atoms with Gasteiger partial charge >= 0.3 is 0 Å². The minimum absolute atomic E-state index is 1.08. The average Bonchev–Trinajstić information content (AvgIpc) is 1.37. The van der Waals surface area contributed by atoms with Gasteiger partial charge in [0.25, 0.3) is 7.98 Å². The molecule has 0 heterocycles. The normalized spacial score (nSPS) is 4.00. The minimum Gasteiger partial charge on any atom is -0.283 e. The Morgan fingerprint density at radius 3 is 2.25 bits per heavy atom. The SMILES string of the molecule is [B]N=C=O. The molecule has 0 aromatic carbocycles. The topological polar surface area (TPSA) is 29.4 Å². The summed E-state index contributed by atoms with van der Waals surface area (Å²) in [6.45, 7) is 0. The van der Waals surface area contributed by atoms with Crippen LogP contribution in [0.1, 0.15) is 0 Å². The van der Waals surface area contributed by atoms with Crippen LogP contribution in [0.15, 0.2) is 4.90 Å². The first-order valence-corrected chi connectivity index (χ1v) is 0.686. The fourth-order valence-electron chi connectivity index (χ4n) is 0. The van der Waals surface area contributed by atoms with Gasteiger partial charge in [0.2, 0.25) is 6.08 Å². The smallest absolute Gasteiger partial charge is 0.278 e. The Labute approximate surface area is 25.0 Å². The molecule has 0 aliphatic carbocycles. The zero-order chi connectivity index (χ0) is 3.41. The standard InChI is InChI=1S/CBNO/c2-3-1-4. The van der Waals surface area contributed by atoms with Crippen LogP contribution >= 0.6 is 0 Å². The van der Waals surface area contributed by atoms with Crippen LogP contribution < -0.4 is 0 Å². The number of hydrogen-bond acceptors (Lipinski definition) is 2. The van der Waals surface area contributed by atoms with Crippen molar-refractivity contribution in [1.29, 1.82) is 0 Å². The second kappa shape index (κ2) is 2.44. The van der Waals surface area contributed by atoms with E-state index in [1.54, 1.807) is 0 Å². The molecular formula is CBNO. The highest BCUT2D eigenvalue weighted by atomic mass is 16.1. The van der Waals surface area contributed by atoms with Crippen LogP contribution in [0.25, 0.3) is 0 Å². The van der Waals surface area contributed by atoms with Gasteiger partial charge in [0.05, 0.1) is 0 Å². The van der Waals surface area contributed by atoms with E-state index in [9.17, 15) is 0 Å². The van der Waals surface area contributed by atoms with Crippen molar-refractivity contribution in [1.82, 2.24) is 0 Å². The number of carbonyl (C=O) groups excluding carboxylic acids is 1. The Hall–Kier alpha value is -0.555. The van der Waals surface area contributed by atoms with Gasteiger partial charge in [-0.25, -0.2) is 4.79 Å². The highest BCUT2D eigenvalue weighted by Gasteiger charge is 1.32. The van der Waals surface area contributed by atoms with E-state index in [0.29, 0.717) is 0 Å². The van der Waals surface area contributed by atoms with Crippen LogP contribution in [0.3, 0.4) is 0 Å². The van der Waals surface area contributed by atoms with Crippen LogP contribution in [0.4, 0.5) is 0 Å². The highest BCUT2D eigenvalue weighted by Crippen LogP contribution is 1.24.